The van der Waals surface area contributed by atoms with E-state index in [1.165, 1.54) is 11.1 Å². The Morgan fingerprint density at radius 3 is 1.74 bits per heavy atom. The highest BCUT2D eigenvalue weighted by atomic mass is 79.9. The molecule has 0 amide bonds. The molecule has 6 aromatic rings. The molecular weight excluding hydrogens is 631 g/mol. The molecule has 6 rings (SSSR count). The van der Waals surface area contributed by atoms with Crippen molar-refractivity contribution in [3.63, 3.8) is 0 Å². The molecule has 0 atom stereocenters. The van der Waals surface area contributed by atoms with Crippen LogP contribution in [0.25, 0.3) is 22.1 Å². The van der Waals surface area contributed by atoms with Crippen LogP contribution >= 0.6 is 63.5 Å². The van der Waals surface area contributed by atoms with Crippen LogP contribution in [-0.4, -0.2) is 19.9 Å². The van der Waals surface area contributed by atoms with E-state index < -0.39 is 0 Å². The molecule has 0 bridgehead atoms. The number of rotatable bonds is 4. The summed E-state index contributed by atoms with van der Waals surface area (Å²) in [6.45, 7) is 0. The summed E-state index contributed by atoms with van der Waals surface area (Å²) in [5, 5.41) is 1.36. The summed E-state index contributed by atoms with van der Waals surface area (Å²) in [7, 11) is 0. The number of thioether (sulfide) groups is 1. The molecule has 0 saturated carbocycles. The van der Waals surface area contributed by atoms with E-state index in [1.54, 1.807) is 48.7 Å². The molecule has 0 aliphatic heterocycles. The third-order valence-corrected chi connectivity index (χ3v) is 7.76. The van der Waals surface area contributed by atoms with E-state index in [0.717, 1.165) is 42.9 Å². The maximum atomic E-state index is 6.12. The van der Waals surface area contributed by atoms with Crippen molar-refractivity contribution in [2.24, 2.45) is 0 Å². The molecule has 0 saturated heterocycles. The first-order chi connectivity index (χ1) is 19.0. The van der Waals surface area contributed by atoms with Gasteiger partial charge in [0, 0.05) is 55.7 Å². The quantitative estimate of drug-likeness (QED) is 0.152. The molecule has 196 valence electrons. The molecule has 2 heterocycles. The lowest BCUT2D eigenvalue weighted by Gasteiger charge is -2.06. The smallest absolute Gasteiger partial charge is 0.103 e. The lowest BCUT2D eigenvalue weighted by Crippen LogP contribution is -1.87. The highest BCUT2D eigenvalue weighted by Gasteiger charge is 2.06. The van der Waals surface area contributed by atoms with E-state index in [9.17, 15) is 0 Å². The minimum Gasteiger partial charge on any atom is -0.253 e. The molecule has 39 heavy (non-hydrogen) atoms. The molecule has 0 unspecified atom stereocenters. The summed E-state index contributed by atoms with van der Waals surface area (Å²) in [4.78, 5) is 18.0. The average Bonchev–Trinajstić information content (AvgIpc) is 2.97. The van der Waals surface area contributed by atoms with Crippen molar-refractivity contribution < 1.29 is 0 Å². The molecule has 9 heteroatoms. The fourth-order valence-electron chi connectivity index (χ4n) is 3.44. The fraction of sp³-hybridized carbons (Fsp3) is 0.0667. The third-order valence-electron chi connectivity index (χ3n) is 5.26. The van der Waals surface area contributed by atoms with Crippen LogP contribution in [0.4, 0.5) is 0 Å². The summed E-state index contributed by atoms with van der Waals surface area (Å²) >= 11 is 21.2. The number of hydrogen-bond donors (Lipinski definition) is 1. The van der Waals surface area contributed by atoms with Crippen LogP contribution in [0.2, 0.25) is 10.0 Å². The Hall–Kier alpha value is -2.68. The zero-order valence-electron chi connectivity index (χ0n) is 20.6. The summed E-state index contributed by atoms with van der Waals surface area (Å²) in [5.74, 6) is 1.73. The first-order valence-corrected chi connectivity index (χ1v) is 15.0. The molecule has 0 aliphatic carbocycles. The van der Waals surface area contributed by atoms with Gasteiger partial charge in [0.05, 0.1) is 11.0 Å². The molecule has 0 aliphatic rings. The Morgan fingerprint density at radius 1 is 0.641 bits per heavy atom. The zero-order valence-corrected chi connectivity index (χ0v) is 25.4. The molecule has 0 N–H and O–H groups in total. The van der Waals surface area contributed by atoms with E-state index in [4.69, 9.17) is 23.2 Å². The van der Waals surface area contributed by atoms with Gasteiger partial charge in [-0.25, -0.2) is 0 Å². The fourth-order valence-corrected chi connectivity index (χ4v) is 5.84. The van der Waals surface area contributed by atoms with Gasteiger partial charge < -0.3 is 0 Å². The van der Waals surface area contributed by atoms with E-state index in [0.29, 0.717) is 10.0 Å². The van der Waals surface area contributed by atoms with Crippen molar-refractivity contribution in [2.45, 2.75) is 16.4 Å². The lowest BCUT2D eigenvalue weighted by molar-refractivity contribution is 1.26. The number of benzene rings is 4. The van der Waals surface area contributed by atoms with Crippen LogP contribution in [0, 0.1) is 0 Å². The van der Waals surface area contributed by atoms with Crippen molar-refractivity contribution in [1.29, 1.82) is 0 Å². The van der Waals surface area contributed by atoms with E-state index in [1.807, 2.05) is 48.5 Å². The Balaban J connectivity index is 0.000000150. The molecule has 0 radical (unpaired) electrons. The first-order valence-electron chi connectivity index (χ1n) is 11.8. The van der Waals surface area contributed by atoms with Gasteiger partial charge in [0.1, 0.15) is 11.0 Å². The SMILES string of the molecule is Clc1cc(Br)c2nccnc2c1.Clc1cc(SCc2ccccc2)c2nccnc2c1.SCc1ccccc1. The zero-order chi connectivity index (χ0) is 27.5. The Labute approximate surface area is 255 Å². The Kier molecular flexibility index (Phi) is 11.4. The van der Waals surface area contributed by atoms with Gasteiger partial charge in [-0.1, -0.05) is 83.9 Å². The van der Waals surface area contributed by atoms with Gasteiger partial charge in [-0.3, -0.25) is 19.9 Å². The number of thiol groups is 1. The Morgan fingerprint density at radius 2 is 1.15 bits per heavy atom. The maximum absolute atomic E-state index is 6.12. The summed E-state index contributed by atoms with van der Waals surface area (Å²) in [6, 6.07) is 27.9. The predicted molar refractivity (Wildman–Crippen MR) is 172 cm³/mol. The monoisotopic (exact) mass is 652 g/mol. The largest absolute Gasteiger partial charge is 0.253 e. The second-order valence-electron chi connectivity index (χ2n) is 8.06. The second-order valence-corrected chi connectivity index (χ2v) is 11.1. The van der Waals surface area contributed by atoms with Gasteiger partial charge in [0.25, 0.3) is 0 Å². The van der Waals surface area contributed by atoms with Crippen LogP contribution in [-0.2, 0) is 11.5 Å². The minimum atomic E-state index is 0.662. The van der Waals surface area contributed by atoms with E-state index in [2.05, 4.69) is 72.8 Å². The van der Waals surface area contributed by atoms with Crippen molar-refractivity contribution >= 4 is 85.6 Å². The third kappa shape index (κ3) is 8.92. The normalized spacial score (nSPS) is 10.4. The molecule has 4 aromatic carbocycles. The van der Waals surface area contributed by atoms with Gasteiger partial charge in [0.2, 0.25) is 0 Å². The first kappa shape index (κ1) is 29.3. The topological polar surface area (TPSA) is 51.6 Å². The Bertz CT molecular complexity index is 1640. The summed E-state index contributed by atoms with van der Waals surface area (Å²) in [5.41, 5.74) is 5.94. The predicted octanol–water partition coefficient (Wildman–Crippen LogP) is 9.74. The maximum Gasteiger partial charge on any atom is 0.103 e. The standard InChI is InChI=1S/C15H11ClN2S.C8H4BrClN2.C7H8S/c16-12-8-13-15(18-7-6-17-13)14(9-12)19-10-11-4-2-1-3-5-11;9-6-3-5(10)4-7-8(6)12-2-1-11-7;8-6-7-4-2-1-3-5-7/h1-9H,10H2;1-4H;1-5,8H,6H2. The van der Waals surface area contributed by atoms with Crippen LogP contribution in [0.3, 0.4) is 0 Å². The van der Waals surface area contributed by atoms with Crippen LogP contribution in [0.1, 0.15) is 11.1 Å². The second kappa shape index (κ2) is 15.2. The summed E-state index contributed by atoms with van der Waals surface area (Å²) in [6.07, 6.45) is 6.69. The van der Waals surface area contributed by atoms with E-state index >= 15 is 0 Å². The molecule has 4 nitrogen and oxygen atoms in total. The number of fused-ring (bicyclic) bond motifs is 2. The number of aromatic nitrogens is 4. The van der Waals surface area contributed by atoms with Gasteiger partial charge in [-0.05, 0) is 51.3 Å². The lowest BCUT2D eigenvalue weighted by atomic mass is 10.2. The molecule has 0 spiro atoms. The highest BCUT2D eigenvalue weighted by molar-refractivity contribution is 9.10. The van der Waals surface area contributed by atoms with Crippen molar-refractivity contribution in [1.82, 2.24) is 19.9 Å². The van der Waals surface area contributed by atoms with Gasteiger partial charge in [0.15, 0.2) is 0 Å². The minimum absolute atomic E-state index is 0.662. The van der Waals surface area contributed by atoms with Crippen LogP contribution < -0.4 is 0 Å². The summed E-state index contributed by atoms with van der Waals surface area (Å²) < 4.78 is 0.873. The van der Waals surface area contributed by atoms with Gasteiger partial charge in [-0.15, -0.1) is 11.8 Å². The van der Waals surface area contributed by atoms with Crippen LogP contribution in [0.5, 0.6) is 0 Å². The van der Waals surface area contributed by atoms with Gasteiger partial charge in [-0.2, -0.15) is 12.6 Å². The molecule has 0 fully saturated rings. The van der Waals surface area contributed by atoms with Crippen molar-refractivity contribution in [3.8, 4) is 0 Å². The van der Waals surface area contributed by atoms with Crippen molar-refractivity contribution in [2.75, 3.05) is 0 Å². The average molecular weight is 654 g/mol. The highest BCUT2D eigenvalue weighted by Crippen LogP contribution is 2.31. The number of hydrogen-bond acceptors (Lipinski definition) is 6. The number of halogens is 3. The van der Waals surface area contributed by atoms with Crippen LogP contribution in [0.15, 0.2) is 119 Å². The van der Waals surface area contributed by atoms with E-state index in [-0.39, 0.29) is 0 Å². The van der Waals surface area contributed by atoms with Crippen molar-refractivity contribution in [3.05, 3.63) is 135 Å². The molecule has 2 aromatic heterocycles. The number of nitrogens with zero attached hydrogens (tertiary/aromatic N) is 4. The van der Waals surface area contributed by atoms with Gasteiger partial charge >= 0.3 is 0 Å². The molecular formula is C30H23BrCl2N4S2.